The van der Waals surface area contributed by atoms with Crippen LogP contribution in [0.3, 0.4) is 0 Å². The van der Waals surface area contributed by atoms with Crippen molar-refractivity contribution in [2.75, 3.05) is 21.3 Å². The summed E-state index contributed by atoms with van der Waals surface area (Å²) in [6.07, 6.45) is 0. The van der Waals surface area contributed by atoms with Crippen molar-refractivity contribution in [2.24, 2.45) is 0 Å². The van der Waals surface area contributed by atoms with E-state index in [1.54, 1.807) is 27.4 Å². The fourth-order valence-corrected chi connectivity index (χ4v) is 2.58. The first-order valence-electron chi connectivity index (χ1n) is 7.02. The van der Waals surface area contributed by atoms with E-state index in [2.05, 4.69) is 21.2 Å². The first kappa shape index (κ1) is 20.5. The Labute approximate surface area is 155 Å². The van der Waals surface area contributed by atoms with Crippen molar-refractivity contribution < 1.29 is 18.6 Å². The monoisotopic (exact) mass is 419 g/mol. The largest absolute Gasteiger partial charge is 0.493 e. The summed E-state index contributed by atoms with van der Waals surface area (Å²) < 4.78 is 30.4. The van der Waals surface area contributed by atoms with Gasteiger partial charge in [0.25, 0.3) is 0 Å². The van der Waals surface area contributed by atoms with Gasteiger partial charge in [-0.3, -0.25) is 0 Å². The van der Waals surface area contributed by atoms with Crippen LogP contribution in [0.1, 0.15) is 11.1 Å². The van der Waals surface area contributed by atoms with Crippen LogP contribution in [0.25, 0.3) is 0 Å². The molecule has 7 heteroatoms. The van der Waals surface area contributed by atoms with Crippen LogP contribution in [0.2, 0.25) is 0 Å². The highest BCUT2D eigenvalue weighted by Crippen LogP contribution is 2.38. The van der Waals surface area contributed by atoms with Crippen LogP contribution in [0.4, 0.5) is 4.39 Å². The fraction of sp³-hybridized carbons (Fsp3) is 0.294. The van der Waals surface area contributed by atoms with Crippen LogP contribution < -0.4 is 19.5 Å². The molecule has 0 saturated heterocycles. The number of benzene rings is 2. The van der Waals surface area contributed by atoms with Gasteiger partial charge < -0.3 is 19.5 Å². The SMILES string of the molecule is COc1cc(CNCc2ccc(Br)cc2F)cc(OC)c1OC.Cl. The average molecular weight is 421 g/mol. The third-order valence-corrected chi connectivity index (χ3v) is 3.88. The molecule has 2 rings (SSSR count). The van der Waals surface area contributed by atoms with Crippen LogP contribution >= 0.6 is 28.3 Å². The third-order valence-electron chi connectivity index (χ3n) is 3.38. The van der Waals surface area contributed by atoms with E-state index in [1.165, 1.54) is 6.07 Å². The summed E-state index contributed by atoms with van der Waals surface area (Å²) in [5.74, 6) is 1.51. The van der Waals surface area contributed by atoms with Crippen molar-refractivity contribution in [1.29, 1.82) is 0 Å². The Bertz CT molecular complexity index is 660. The molecule has 132 valence electrons. The van der Waals surface area contributed by atoms with E-state index in [0.717, 1.165) is 10.0 Å². The maximum atomic E-state index is 13.8. The summed E-state index contributed by atoms with van der Waals surface area (Å²) in [7, 11) is 4.71. The lowest BCUT2D eigenvalue weighted by Crippen LogP contribution is -2.14. The second-order valence-corrected chi connectivity index (χ2v) is 5.79. The Morgan fingerprint density at radius 1 is 0.958 bits per heavy atom. The first-order valence-corrected chi connectivity index (χ1v) is 7.82. The molecule has 2 aromatic rings. The van der Waals surface area contributed by atoms with Crippen molar-refractivity contribution in [2.45, 2.75) is 13.1 Å². The van der Waals surface area contributed by atoms with E-state index in [4.69, 9.17) is 14.2 Å². The summed E-state index contributed by atoms with van der Waals surface area (Å²) >= 11 is 3.25. The molecule has 0 saturated carbocycles. The van der Waals surface area contributed by atoms with Crippen LogP contribution in [-0.4, -0.2) is 21.3 Å². The molecule has 0 spiro atoms. The lowest BCUT2D eigenvalue weighted by molar-refractivity contribution is 0.323. The number of halogens is 3. The quantitative estimate of drug-likeness (QED) is 0.724. The van der Waals surface area contributed by atoms with Gasteiger partial charge in [-0.2, -0.15) is 0 Å². The number of hydrogen-bond donors (Lipinski definition) is 1. The van der Waals surface area contributed by atoms with Gasteiger partial charge in [-0.15, -0.1) is 12.4 Å². The van der Waals surface area contributed by atoms with Crippen LogP contribution in [0, 0.1) is 5.82 Å². The molecular weight excluding hydrogens is 401 g/mol. The van der Waals surface area contributed by atoms with Gasteiger partial charge in [0, 0.05) is 23.1 Å². The van der Waals surface area contributed by atoms with E-state index in [9.17, 15) is 4.39 Å². The lowest BCUT2D eigenvalue weighted by atomic mass is 10.1. The molecule has 2 aromatic carbocycles. The van der Waals surface area contributed by atoms with E-state index < -0.39 is 0 Å². The highest BCUT2D eigenvalue weighted by Gasteiger charge is 2.13. The van der Waals surface area contributed by atoms with Crippen molar-refractivity contribution in [3.05, 3.63) is 51.7 Å². The smallest absolute Gasteiger partial charge is 0.203 e. The summed E-state index contributed by atoms with van der Waals surface area (Å²) in [6, 6.07) is 8.76. The topological polar surface area (TPSA) is 39.7 Å². The summed E-state index contributed by atoms with van der Waals surface area (Å²) in [6.45, 7) is 0.974. The normalized spacial score (nSPS) is 10.0. The Morgan fingerprint density at radius 2 is 1.58 bits per heavy atom. The standard InChI is InChI=1S/C17H19BrFNO3.ClH/c1-21-15-6-11(7-16(22-2)17(15)23-3)9-20-10-12-4-5-13(18)8-14(12)19;/h4-8,20H,9-10H2,1-3H3;1H. The molecule has 0 atom stereocenters. The Balaban J connectivity index is 0.00000288. The second-order valence-electron chi connectivity index (χ2n) is 4.87. The number of nitrogens with one attached hydrogen (secondary N) is 1. The van der Waals surface area contributed by atoms with E-state index >= 15 is 0 Å². The van der Waals surface area contributed by atoms with Crippen molar-refractivity contribution >= 4 is 28.3 Å². The Hall–Kier alpha value is -1.50. The lowest BCUT2D eigenvalue weighted by Gasteiger charge is -2.14. The van der Waals surface area contributed by atoms with Gasteiger partial charge in [0.1, 0.15) is 5.82 Å². The van der Waals surface area contributed by atoms with E-state index in [0.29, 0.717) is 35.9 Å². The molecule has 0 aliphatic carbocycles. The molecule has 0 fully saturated rings. The van der Waals surface area contributed by atoms with Crippen LogP contribution in [0.5, 0.6) is 17.2 Å². The van der Waals surface area contributed by atoms with Crippen molar-refractivity contribution in [1.82, 2.24) is 5.32 Å². The maximum Gasteiger partial charge on any atom is 0.203 e. The maximum absolute atomic E-state index is 13.8. The Kier molecular flexibility index (Phi) is 8.31. The molecule has 0 heterocycles. The molecule has 0 aliphatic heterocycles. The van der Waals surface area contributed by atoms with Gasteiger partial charge in [-0.25, -0.2) is 4.39 Å². The number of hydrogen-bond acceptors (Lipinski definition) is 4. The molecule has 1 N–H and O–H groups in total. The summed E-state index contributed by atoms with van der Waals surface area (Å²) in [4.78, 5) is 0. The van der Waals surface area contributed by atoms with Gasteiger partial charge >= 0.3 is 0 Å². The van der Waals surface area contributed by atoms with Gasteiger partial charge in [-0.1, -0.05) is 22.0 Å². The number of ether oxygens (including phenoxy) is 3. The summed E-state index contributed by atoms with van der Waals surface area (Å²) in [5, 5.41) is 3.21. The molecule has 0 aromatic heterocycles. The molecule has 4 nitrogen and oxygen atoms in total. The van der Waals surface area contributed by atoms with Crippen molar-refractivity contribution in [3.8, 4) is 17.2 Å². The van der Waals surface area contributed by atoms with Gasteiger partial charge in [0.05, 0.1) is 21.3 Å². The van der Waals surface area contributed by atoms with Crippen molar-refractivity contribution in [3.63, 3.8) is 0 Å². The van der Waals surface area contributed by atoms with Gasteiger partial charge in [0.15, 0.2) is 11.5 Å². The van der Waals surface area contributed by atoms with Crippen LogP contribution in [0.15, 0.2) is 34.8 Å². The predicted molar refractivity (Wildman–Crippen MR) is 98.0 cm³/mol. The number of rotatable bonds is 7. The Morgan fingerprint density at radius 3 is 2.08 bits per heavy atom. The minimum atomic E-state index is -0.239. The first-order chi connectivity index (χ1) is 11.1. The molecule has 0 bridgehead atoms. The molecule has 0 radical (unpaired) electrons. The van der Waals surface area contributed by atoms with E-state index in [-0.39, 0.29) is 18.2 Å². The average Bonchev–Trinajstić information content (AvgIpc) is 2.55. The molecule has 0 unspecified atom stereocenters. The fourth-order valence-electron chi connectivity index (χ4n) is 2.24. The zero-order valence-corrected chi connectivity index (χ0v) is 16.1. The zero-order valence-electron chi connectivity index (χ0n) is 13.7. The third kappa shape index (κ3) is 5.00. The second kappa shape index (κ2) is 9.71. The summed E-state index contributed by atoms with van der Waals surface area (Å²) in [5.41, 5.74) is 1.57. The highest BCUT2D eigenvalue weighted by molar-refractivity contribution is 9.10. The molecule has 0 amide bonds. The van der Waals surface area contributed by atoms with E-state index in [1.807, 2.05) is 18.2 Å². The number of methoxy groups -OCH3 is 3. The minimum absolute atomic E-state index is 0. The zero-order chi connectivity index (χ0) is 16.8. The highest BCUT2D eigenvalue weighted by atomic mass is 79.9. The molecule has 24 heavy (non-hydrogen) atoms. The van der Waals surface area contributed by atoms with Gasteiger partial charge in [-0.05, 0) is 29.8 Å². The van der Waals surface area contributed by atoms with Gasteiger partial charge in [0.2, 0.25) is 5.75 Å². The minimum Gasteiger partial charge on any atom is -0.493 e. The molecular formula is C17H20BrClFNO3. The van der Waals surface area contributed by atoms with Crippen LogP contribution in [-0.2, 0) is 13.1 Å². The predicted octanol–water partition coefficient (Wildman–Crippen LogP) is 4.33. The molecule has 0 aliphatic rings.